The number of pyridine rings is 1. The number of nitrogens with zero attached hydrogens (tertiary/aromatic N) is 2. The molecule has 0 aromatic carbocycles. The SMILES string of the molecule is C=C1/C=C(N2CCNCC2)\C(OC)=C/CC(=O)/C(=C/c2ncccc2C(F)(F)F)C1. The van der Waals surface area contributed by atoms with Crippen molar-refractivity contribution in [2.75, 3.05) is 33.3 Å². The number of piperazine rings is 1. The number of carbonyl (C=O) groups is 1. The molecule has 1 aliphatic heterocycles. The summed E-state index contributed by atoms with van der Waals surface area (Å²) in [6, 6.07) is 2.18. The fourth-order valence-electron chi connectivity index (χ4n) is 3.49. The molecule has 1 aromatic heterocycles. The Morgan fingerprint density at radius 3 is 2.70 bits per heavy atom. The van der Waals surface area contributed by atoms with E-state index in [-0.39, 0.29) is 29.9 Å². The maximum absolute atomic E-state index is 13.3. The van der Waals surface area contributed by atoms with Gasteiger partial charge in [0.15, 0.2) is 5.78 Å². The van der Waals surface area contributed by atoms with Crippen LogP contribution in [0.1, 0.15) is 24.1 Å². The van der Waals surface area contributed by atoms with E-state index in [1.165, 1.54) is 25.4 Å². The van der Waals surface area contributed by atoms with E-state index >= 15 is 0 Å². The highest BCUT2D eigenvalue weighted by atomic mass is 19.4. The summed E-state index contributed by atoms with van der Waals surface area (Å²) in [6.45, 7) is 7.23. The standard InChI is InChI=1S/C22H24F3N3O2/c1-15-12-16(14-18-17(22(23,24)25)4-3-7-27-18)20(29)5-6-21(30-2)19(13-15)28-10-8-26-9-11-28/h3-4,6-7,13-14,26H,1,5,8-12H2,2H3/b16-14+,19-13+,21-6+. The van der Waals surface area contributed by atoms with Crippen LogP contribution in [0, 0.1) is 0 Å². The van der Waals surface area contributed by atoms with Crippen molar-refractivity contribution in [3.8, 4) is 0 Å². The average molecular weight is 419 g/mol. The highest BCUT2D eigenvalue weighted by molar-refractivity contribution is 6.01. The monoisotopic (exact) mass is 419 g/mol. The van der Waals surface area contributed by atoms with E-state index in [2.05, 4.69) is 21.8 Å². The van der Waals surface area contributed by atoms with Gasteiger partial charge in [0, 0.05) is 50.8 Å². The number of hydrogen-bond acceptors (Lipinski definition) is 5. The van der Waals surface area contributed by atoms with E-state index in [9.17, 15) is 18.0 Å². The Bertz CT molecular complexity index is 910. The number of nitrogens with one attached hydrogen (secondary N) is 1. The molecule has 1 saturated heterocycles. The van der Waals surface area contributed by atoms with Gasteiger partial charge in [-0.1, -0.05) is 6.58 Å². The second-order valence-electron chi connectivity index (χ2n) is 7.10. The van der Waals surface area contributed by atoms with Gasteiger partial charge >= 0.3 is 6.18 Å². The lowest BCUT2D eigenvalue weighted by Crippen LogP contribution is -2.43. The van der Waals surface area contributed by atoms with Gasteiger partial charge < -0.3 is 15.0 Å². The predicted octanol–water partition coefficient (Wildman–Crippen LogP) is 3.72. The van der Waals surface area contributed by atoms with E-state index in [0.717, 1.165) is 37.9 Å². The first-order valence-corrected chi connectivity index (χ1v) is 9.65. The number of halogens is 3. The molecule has 0 radical (unpaired) electrons. The zero-order valence-corrected chi connectivity index (χ0v) is 16.8. The summed E-state index contributed by atoms with van der Waals surface area (Å²) >= 11 is 0. The molecule has 160 valence electrons. The van der Waals surface area contributed by atoms with Gasteiger partial charge in [0.2, 0.25) is 0 Å². The summed E-state index contributed by atoms with van der Waals surface area (Å²) in [7, 11) is 1.53. The molecule has 3 rings (SSSR count). The van der Waals surface area contributed by atoms with E-state index in [1.54, 1.807) is 6.08 Å². The number of ether oxygens (including phenoxy) is 1. The lowest BCUT2D eigenvalue weighted by atomic mass is 9.98. The molecule has 2 aliphatic rings. The maximum Gasteiger partial charge on any atom is 0.418 e. The molecule has 0 saturated carbocycles. The van der Waals surface area contributed by atoms with Crippen LogP contribution in [0.3, 0.4) is 0 Å². The summed E-state index contributed by atoms with van der Waals surface area (Å²) in [5.41, 5.74) is 0.515. The van der Waals surface area contributed by atoms with Crippen molar-refractivity contribution in [1.29, 1.82) is 0 Å². The molecule has 0 amide bonds. The first kappa shape index (κ1) is 21.8. The Hall–Kier alpha value is -2.87. The molecular formula is C22H24F3N3O2. The lowest BCUT2D eigenvalue weighted by Gasteiger charge is -2.32. The van der Waals surface area contributed by atoms with Gasteiger partial charge in [-0.2, -0.15) is 13.2 Å². The second-order valence-corrected chi connectivity index (χ2v) is 7.10. The zero-order valence-electron chi connectivity index (χ0n) is 16.8. The topological polar surface area (TPSA) is 54.5 Å². The minimum absolute atomic E-state index is 0.0138. The first-order valence-electron chi connectivity index (χ1n) is 9.65. The Kier molecular flexibility index (Phi) is 6.77. The molecule has 0 bridgehead atoms. The van der Waals surface area contributed by atoms with Gasteiger partial charge in [0.05, 0.1) is 24.1 Å². The van der Waals surface area contributed by atoms with Crippen molar-refractivity contribution < 1.29 is 22.7 Å². The van der Waals surface area contributed by atoms with Crippen LogP contribution in [-0.2, 0) is 15.7 Å². The number of methoxy groups -OCH3 is 1. The fraction of sp³-hybridized carbons (Fsp3) is 0.364. The van der Waals surface area contributed by atoms with Crippen molar-refractivity contribution in [2.24, 2.45) is 0 Å². The molecule has 1 aromatic rings. The number of rotatable bonds is 3. The average Bonchev–Trinajstić information content (AvgIpc) is 2.77. The molecule has 2 heterocycles. The van der Waals surface area contributed by atoms with E-state index in [4.69, 9.17) is 4.74 Å². The van der Waals surface area contributed by atoms with Crippen LogP contribution in [0.5, 0.6) is 0 Å². The van der Waals surface area contributed by atoms with Gasteiger partial charge in [-0.3, -0.25) is 9.78 Å². The Morgan fingerprint density at radius 1 is 1.30 bits per heavy atom. The zero-order chi connectivity index (χ0) is 21.7. The van der Waals surface area contributed by atoms with E-state index in [0.29, 0.717) is 11.3 Å². The number of ketones is 1. The van der Waals surface area contributed by atoms with Crippen LogP contribution in [-0.4, -0.2) is 49.0 Å². The number of Topliss-reactive ketones (excluding diaryl/α,β-unsaturated/α-hetero) is 1. The van der Waals surface area contributed by atoms with Crippen LogP contribution in [0.25, 0.3) is 6.08 Å². The van der Waals surface area contributed by atoms with Crippen molar-refractivity contribution in [2.45, 2.75) is 19.0 Å². The largest absolute Gasteiger partial charge is 0.495 e. The molecule has 1 fully saturated rings. The van der Waals surface area contributed by atoms with Gasteiger partial charge in [0.25, 0.3) is 0 Å². The van der Waals surface area contributed by atoms with E-state index < -0.39 is 11.7 Å². The lowest BCUT2D eigenvalue weighted by molar-refractivity contribution is -0.138. The second kappa shape index (κ2) is 9.30. The molecule has 5 nitrogen and oxygen atoms in total. The van der Waals surface area contributed by atoms with Crippen molar-refractivity contribution >= 4 is 11.9 Å². The van der Waals surface area contributed by atoms with Crippen molar-refractivity contribution in [3.05, 3.63) is 70.9 Å². The fourth-order valence-corrected chi connectivity index (χ4v) is 3.49. The van der Waals surface area contributed by atoms with Crippen LogP contribution in [0.4, 0.5) is 13.2 Å². The van der Waals surface area contributed by atoms with Gasteiger partial charge in [-0.25, -0.2) is 0 Å². The number of hydrogen-bond donors (Lipinski definition) is 1. The smallest absolute Gasteiger partial charge is 0.418 e. The maximum atomic E-state index is 13.3. The van der Waals surface area contributed by atoms with Gasteiger partial charge in [-0.15, -0.1) is 0 Å². The predicted molar refractivity (Wildman–Crippen MR) is 108 cm³/mol. The number of alkyl halides is 3. The van der Waals surface area contributed by atoms with Crippen LogP contribution >= 0.6 is 0 Å². The number of allylic oxidation sites excluding steroid dienone is 4. The van der Waals surface area contributed by atoms with Crippen molar-refractivity contribution in [1.82, 2.24) is 15.2 Å². The minimum Gasteiger partial charge on any atom is -0.495 e. The summed E-state index contributed by atoms with van der Waals surface area (Å²) in [4.78, 5) is 18.8. The quantitative estimate of drug-likeness (QED) is 0.757. The Balaban J connectivity index is 1.99. The molecule has 1 N–H and O–H groups in total. The van der Waals surface area contributed by atoms with Crippen LogP contribution in [0.15, 0.2) is 59.7 Å². The molecule has 8 heteroatoms. The normalized spacial score (nSPS) is 23.7. The third kappa shape index (κ3) is 5.18. The third-order valence-electron chi connectivity index (χ3n) is 4.97. The Labute approximate surface area is 173 Å². The first-order chi connectivity index (χ1) is 14.3. The van der Waals surface area contributed by atoms with Crippen molar-refractivity contribution in [3.63, 3.8) is 0 Å². The van der Waals surface area contributed by atoms with Crippen LogP contribution < -0.4 is 5.32 Å². The molecule has 0 spiro atoms. The van der Waals surface area contributed by atoms with Gasteiger partial charge in [-0.05, 0) is 35.9 Å². The van der Waals surface area contributed by atoms with Gasteiger partial charge in [0.1, 0.15) is 5.76 Å². The molecule has 0 atom stereocenters. The minimum atomic E-state index is -4.56. The molecular weight excluding hydrogens is 395 g/mol. The molecule has 30 heavy (non-hydrogen) atoms. The summed E-state index contributed by atoms with van der Waals surface area (Å²) in [5, 5.41) is 3.28. The summed E-state index contributed by atoms with van der Waals surface area (Å²) < 4.78 is 45.5. The number of carbonyl (C=O) groups excluding carboxylic acids is 1. The third-order valence-corrected chi connectivity index (χ3v) is 4.97. The molecule has 0 unspecified atom stereocenters. The highest BCUT2D eigenvalue weighted by Gasteiger charge is 2.33. The Morgan fingerprint density at radius 2 is 2.03 bits per heavy atom. The van der Waals surface area contributed by atoms with E-state index in [1.807, 2.05) is 6.08 Å². The summed E-state index contributed by atoms with van der Waals surface area (Å²) in [6.07, 6.45) is 1.61. The highest BCUT2D eigenvalue weighted by Crippen LogP contribution is 2.33. The summed E-state index contributed by atoms with van der Waals surface area (Å²) in [5.74, 6) is 0.265. The van der Waals surface area contributed by atoms with Crippen LogP contribution in [0.2, 0.25) is 0 Å². The number of aromatic nitrogens is 1. The molecule has 1 aliphatic carbocycles.